The molecule has 1 heterocycles. The van der Waals surface area contributed by atoms with Crippen molar-refractivity contribution in [3.05, 3.63) is 0 Å². The fourth-order valence-electron chi connectivity index (χ4n) is 1.78. The molecule has 7 nitrogen and oxygen atoms in total. The third kappa shape index (κ3) is 3.32. The highest BCUT2D eigenvalue weighted by Gasteiger charge is 2.44. The van der Waals surface area contributed by atoms with Crippen LogP contribution in [-0.4, -0.2) is 68.6 Å². The van der Waals surface area contributed by atoms with E-state index in [1.807, 2.05) is 0 Å². The Kier molecular flexibility index (Phi) is 4.55. The molecule has 1 fully saturated rings. The Labute approximate surface area is 106 Å². The molecule has 0 spiro atoms. The second kappa shape index (κ2) is 5.40. The molecule has 1 unspecified atom stereocenters. The molecule has 7 heteroatoms. The molecule has 1 saturated heterocycles. The number of rotatable bonds is 1. The summed E-state index contributed by atoms with van der Waals surface area (Å²) < 4.78 is 5.08. The van der Waals surface area contributed by atoms with Crippen LogP contribution in [0.5, 0.6) is 0 Å². The van der Waals surface area contributed by atoms with Crippen molar-refractivity contribution < 1.29 is 30.0 Å². The number of aliphatic hydroxyl groups is 4. The summed E-state index contributed by atoms with van der Waals surface area (Å²) in [6.45, 7) is 4.55. The van der Waals surface area contributed by atoms with Gasteiger partial charge in [0, 0.05) is 12.5 Å². The van der Waals surface area contributed by atoms with Gasteiger partial charge in [0.05, 0.1) is 12.7 Å². The van der Waals surface area contributed by atoms with Gasteiger partial charge in [-0.05, 0) is 20.8 Å². The number of carbonyl (C=O) groups is 1. The summed E-state index contributed by atoms with van der Waals surface area (Å²) >= 11 is 0. The van der Waals surface area contributed by atoms with E-state index >= 15 is 0 Å². The Morgan fingerprint density at radius 2 is 1.83 bits per heavy atom. The maximum Gasteiger partial charge on any atom is 0.412 e. The molecule has 4 N–H and O–H groups in total. The molecule has 0 radical (unpaired) electrons. The second-order valence-electron chi connectivity index (χ2n) is 5.47. The fourth-order valence-corrected chi connectivity index (χ4v) is 1.78. The number of carbonyl (C=O) groups excluding carboxylic acids is 1. The molecule has 0 bridgehead atoms. The van der Waals surface area contributed by atoms with Gasteiger partial charge in [-0.3, -0.25) is 4.90 Å². The van der Waals surface area contributed by atoms with Crippen LogP contribution in [0.15, 0.2) is 0 Å². The van der Waals surface area contributed by atoms with Crippen LogP contribution in [0.25, 0.3) is 0 Å². The fraction of sp³-hybridized carbons (Fsp3) is 0.909. The Morgan fingerprint density at radius 1 is 1.28 bits per heavy atom. The number of amides is 1. The molecule has 0 aliphatic carbocycles. The topological polar surface area (TPSA) is 110 Å². The first-order chi connectivity index (χ1) is 8.17. The molecule has 106 valence electrons. The first-order valence-corrected chi connectivity index (χ1v) is 5.82. The minimum atomic E-state index is -1.54. The third-order valence-corrected chi connectivity index (χ3v) is 2.75. The molecule has 1 rings (SSSR count). The highest BCUT2D eigenvalue weighted by Crippen LogP contribution is 2.23. The highest BCUT2D eigenvalue weighted by atomic mass is 16.6. The Morgan fingerprint density at radius 3 is 2.28 bits per heavy atom. The van der Waals surface area contributed by atoms with E-state index in [0.29, 0.717) is 0 Å². The summed E-state index contributed by atoms with van der Waals surface area (Å²) in [5.74, 6) is -0.712. The zero-order valence-corrected chi connectivity index (χ0v) is 10.8. The summed E-state index contributed by atoms with van der Waals surface area (Å²) in [4.78, 5) is 12.7. The van der Waals surface area contributed by atoms with Gasteiger partial charge in [0.15, 0.2) is 6.23 Å². The standard InChI is InChI=1S/C11H21NO6/c1-11(2,3)18-10(17)12-4-6(5-13)7(14)8(15)9(12)16/h6-9,13-16H,4-5H2,1-3H3/t6-,7-,8+,9?/m1/s1. The van der Waals surface area contributed by atoms with E-state index in [0.717, 1.165) is 4.90 Å². The second-order valence-corrected chi connectivity index (χ2v) is 5.47. The van der Waals surface area contributed by atoms with Gasteiger partial charge < -0.3 is 25.2 Å². The van der Waals surface area contributed by atoms with Crippen LogP contribution in [0.1, 0.15) is 20.8 Å². The Hall–Kier alpha value is -0.890. The molecule has 18 heavy (non-hydrogen) atoms. The van der Waals surface area contributed by atoms with E-state index in [9.17, 15) is 20.1 Å². The maximum atomic E-state index is 11.8. The van der Waals surface area contributed by atoms with Crippen molar-refractivity contribution in [2.75, 3.05) is 13.2 Å². The van der Waals surface area contributed by atoms with Crippen LogP contribution in [0.4, 0.5) is 4.79 Å². The number of hydrogen-bond acceptors (Lipinski definition) is 6. The molecule has 0 saturated carbocycles. The molecule has 1 amide bonds. The van der Waals surface area contributed by atoms with Gasteiger partial charge in [-0.2, -0.15) is 0 Å². The first-order valence-electron chi connectivity index (χ1n) is 5.82. The van der Waals surface area contributed by atoms with Crippen LogP contribution in [0.3, 0.4) is 0 Å². The molecular weight excluding hydrogens is 242 g/mol. The molecule has 1 aliphatic heterocycles. The zero-order valence-electron chi connectivity index (χ0n) is 10.8. The van der Waals surface area contributed by atoms with Crippen LogP contribution in [-0.2, 0) is 4.74 Å². The highest BCUT2D eigenvalue weighted by molar-refractivity contribution is 5.68. The summed E-state index contributed by atoms with van der Waals surface area (Å²) in [6, 6.07) is 0. The van der Waals surface area contributed by atoms with Crippen molar-refractivity contribution in [1.29, 1.82) is 0 Å². The molecular formula is C11H21NO6. The SMILES string of the molecule is CC(C)(C)OC(=O)N1C[C@H](CO)[C@@H](O)[C@H](O)C1O. The maximum absolute atomic E-state index is 11.8. The van der Waals surface area contributed by atoms with Gasteiger partial charge in [-0.15, -0.1) is 0 Å². The molecule has 0 aromatic heterocycles. The lowest BCUT2D eigenvalue weighted by molar-refractivity contribution is -0.175. The van der Waals surface area contributed by atoms with Crippen molar-refractivity contribution in [2.24, 2.45) is 5.92 Å². The van der Waals surface area contributed by atoms with E-state index in [-0.39, 0.29) is 6.54 Å². The minimum Gasteiger partial charge on any atom is -0.444 e. The number of nitrogens with zero attached hydrogens (tertiary/aromatic N) is 1. The normalized spacial score (nSPS) is 33.4. The van der Waals surface area contributed by atoms with Gasteiger partial charge in [0.1, 0.15) is 11.7 Å². The summed E-state index contributed by atoms with van der Waals surface area (Å²) in [5, 5.41) is 38.0. The minimum absolute atomic E-state index is 0.0786. The Bertz CT molecular complexity index is 300. The summed E-state index contributed by atoms with van der Waals surface area (Å²) in [6.07, 6.45) is -5.14. The molecule has 0 aromatic rings. The van der Waals surface area contributed by atoms with Crippen molar-refractivity contribution in [2.45, 2.75) is 44.8 Å². The molecule has 4 atom stereocenters. The lowest BCUT2D eigenvalue weighted by Gasteiger charge is -2.42. The lowest BCUT2D eigenvalue weighted by Crippen LogP contribution is -2.61. The van der Waals surface area contributed by atoms with Gasteiger partial charge >= 0.3 is 6.09 Å². The molecule has 1 aliphatic rings. The van der Waals surface area contributed by atoms with E-state index in [1.165, 1.54) is 0 Å². The largest absolute Gasteiger partial charge is 0.444 e. The van der Waals surface area contributed by atoms with Gasteiger partial charge in [0.25, 0.3) is 0 Å². The predicted octanol–water partition coefficient (Wildman–Crippen LogP) is -1.11. The van der Waals surface area contributed by atoms with Crippen molar-refractivity contribution >= 4 is 6.09 Å². The number of piperidine rings is 1. The van der Waals surface area contributed by atoms with Crippen LogP contribution < -0.4 is 0 Å². The quantitative estimate of drug-likeness (QED) is 0.477. The van der Waals surface area contributed by atoms with Gasteiger partial charge in [0.2, 0.25) is 0 Å². The van der Waals surface area contributed by atoms with Crippen molar-refractivity contribution in [1.82, 2.24) is 4.90 Å². The van der Waals surface area contributed by atoms with Gasteiger partial charge in [-0.1, -0.05) is 0 Å². The van der Waals surface area contributed by atoms with Crippen LogP contribution in [0, 0.1) is 5.92 Å². The Balaban J connectivity index is 2.78. The van der Waals surface area contributed by atoms with Crippen LogP contribution in [0.2, 0.25) is 0 Å². The number of ether oxygens (including phenoxy) is 1. The van der Waals surface area contributed by atoms with E-state index in [4.69, 9.17) is 9.84 Å². The third-order valence-electron chi connectivity index (χ3n) is 2.75. The zero-order chi connectivity index (χ0) is 14.1. The molecule has 0 aromatic carbocycles. The lowest BCUT2D eigenvalue weighted by atomic mass is 9.92. The summed E-state index contributed by atoms with van der Waals surface area (Å²) in [5.41, 5.74) is -0.730. The van der Waals surface area contributed by atoms with E-state index in [2.05, 4.69) is 0 Å². The summed E-state index contributed by atoms with van der Waals surface area (Å²) in [7, 11) is 0. The van der Waals surface area contributed by atoms with Gasteiger partial charge in [-0.25, -0.2) is 4.79 Å². The van der Waals surface area contributed by atoms with Crippen molar-refractivity contribution in [3.63, 3.8) is 0 Å². The van der Waals surface area contributed by atoms with E-state index in [1.54, 1.807) is 20.8 Å². The van der Waals surface area contributed by atoms with E-state index < -0.39 is 42.7 Å². The van der Waals surface area contributed by atoms with Crippen LogP contribution >= 0.6 is 0 Å². The van der Waals surface area contributed by atoms with Crippen molar-refractivity contribution in [3.8, 4) is 0 Å². The average Bonchev–Trinajstić information content (AvgIpc) is 2.24. The number of likely N-dealkylation sites (tertiary alicyclic amines) is 1. The monoisotopic (exact) mass is 263 g/mol. The smallest absolute Gasteiger partial charge is 0.412 e. The number of aliphatic hydroxyl groups excluding tert-OH is 4. The number of hydrogen-bond donors (Lipinski definition) is 4. The predicted molar refractivity (Wildman–Crippen MR) is 61.5 cm³/mol. The average molecular weight is 263 g/mol. The first kappa shape index (κ1) is 15.2.